The van der Waals surface area contributed by atoms with Crippen molar-refractivity contribution in [1.29, 1.82) is 5.26 Å². The van der Waals surface area contributed by atoms with Crippen LogP contribution in [0.1, 0.15) is 19.8 Å². The fourth-order valence-corrected chi connectivity index (χ4v) is 1.38. The molecular formula is C14H19N3O2. The lowest BCUT2D eigenvalue weighted by atomic mass is 10.1. The van der Waals surface area contributed by atoms with E-state index >= 15 is 0 Å². The Kier molecular flexibility index (Phi) is 6.41. The number of nitriles is 1. The molecule has 1 aromatic rings. The molecule has 0 saturated carbocycles. The lowest BCUT2D eigenvalue weighted by Crippen LogP contribution is -2.26. The van der Waals surface area contributed by atoms with Gasteiger partial charge in [-0.3, -0.25) is 4.79 Å². The minimum atomic E-state index is -0.222. The highest BCUT2D eigenvalue weighted by Gasteiger charge is 2.10. The van der Waals surface area contributed by atoms with E-state index in [1.54, 1.807) is 19.1 Å². The van der Waals surface area contributed by atoms with Crippen LogP contribution in [-0.4, -0.2) is 19.1 Å². The number of carbonyl (C=O) groups excluding carboxylic acids is 1. The molecular weight excluding hydrogens is 242 g/mol. The Balaban J connectivity index is 2.52. The summed E-state index contributed by atoms with van der Waals surface area (Å²) >= 11 is 0. The molecule has 0 fully saturated rings. The summed E-state index contributed by atoms with van der Waals surface area (Å²) in [5, 5.41) is 11.2. The first kappa shape index (κ1) is 15.0. The van der Waals surface area contributed by atoms with Gasteiger partial charge in [0.15, 0.2) is 0 Å². The van der Waals surface area contributed by atoms with Crippen LogP contribution in [0.5, 0.6) is 5.75 Å². The Hall–Kier alpha value is -2.06. The number of nitrogens with one attached hydrogen (secondary N) is 1. The molecule has 1 rings (SSSR count). The third-order valence-electron chi connectivity index (χ3n) is 2.60. The molecule has 0 aromatic heterocycles. The number of hydrogen-bond donors (Lipinski definition) is 2. The van der Waals surface area contributed by atoms with Crippen LogP contribution in [0.15, 0.2) is 24.3 Å². The van der Waals surface area contributed by atoms with Crippen molar-refractivity contribution in [2.24, 2.45) is 11.7 Å². The number of amides is 1. The number of carbonyl (C=O) groups is 1. The third-order valence-corrected chi connectivity index (χ3v) is 2.60. The van der Waals surface area contributed by atoms with E-state index in [0.717, 1.165) is 0 Å². The van der Waals surface area contributed by atoms with Crippen molar-refractivity contribution >= 4 is 11.6 Å². The number of benzene rings is 1. The smallest absolute Gasteiger partial charge is 0.228 e. The Labute approximate surface area is 113 Å². The summed E-state index contributed by atoms with van der Waals surface area (Å²) in [6.45, 7) is 2.58. The number of nitrogens with two attached hydrogens (primary N) is 1. The Morgan fingerprint density at radius 2 is 2.37 bits per heavy atom. The molecule has 0 spiro atoms. The van der Waals surface area contributed by atoms with Gasteiger partial charge in [0.1, 0.15) is 5.75 Å². The zero-order chi connectivity index (χ0) is 14.1. The zero-order valence-electron chi connectivity index (χ0n) is 11.1. The van der Waals surface area contributed by atoms with Gasteiger partial charge in [0.05, 0.1) is 12.7 Å². The second-order valence-electron chi connectivity index (χ2n) is 4.26. The van der Waals surface area contributed by atoms with Gasteiger partial charge in [-0.15, -0.1) is 0 Å². The molecule has 5 heteroatoms. The molecule has 0 heterocycles. The van der Waals surface area contributed by atoms with Crippen LogP contribution >= 0.6 is 0 Å². The first-order chi connectivity index (χ1) is 9.17. The molecule has 1 atom stereocenters. The van der Waals surface area contributed by atoms with Crippen LogP contribution in [-0.2, 0) is 4.79 Å². The normalized spacial score (nSPS) is 11.4. The van der Waals surface area contributed by atoms with Crippen molar-refractivity contribution in [3.05, 3.63) is 24.3 Å². The zero-order valence-corrected chi connectivity index (χ0v) is 11.1. The van der Waals surface area contributed by atoms with E-state index in [9.17, 15) is 4.79 Å². The van der Waals surface area contributed by atoms with Gasteiger partial charge in [-0.05, 0) is 18.6 Å². The van der Waals surface area contributed by atoms with Gasteiger partial charge >= 0.3 is 0 Å². The maximum absolute atomic E-state index is 11.7. The predicted octanol–water partition coefficient (Wildman–Crippen LogP) is 1.90. The van der Waals surface area contributed by atoms with Crippen molar-refractivity contribution < 1.29 is 9.53 Å². The van der Waals surface area contributed by atoms with E-state index < -0.39 is 0 Å². The second kappa shape index (κ2) is 8.11. The lowest BCUT2D eigenvalue weighted by molar-refractivity contribution is -0.119. The highest BCUT2D eigenvalue weighted by Crippen LogP contribution is 2.18. The van der Waals surface area contributed by atoms with Crippen LogP contribution in [0, 0.1) is 17.2 Å². The van der Waals surface area contributed by atoms with Gasteiger partial charge < -0.3 is 15.8 Å². The van der Waals surface area contributed by atoms with E-state index in [0.29, 0.717) is 37.4 Å². The average molecular weight is 261 g/mol. The SMILES string of the molecule is CC(CN)C(=O)Nc1cccc(OCCCC#N)c1. The molecule has 5 nitrogen and oxygen atoms in total. The van der Waals surface area contributed by atoms with Gasteiger partial charge in [0.25, 0.3) is 0 Å². The predicted molar refractivity (Wildman–Crippen MR) is 73.6 cm³/mol. The summed E-state index contributed by atoms with van der Waals surface area (Å²) in [7, 11) is 0. The maximum Gasteiger partial charge on any atom is 0.228 e. The molecule has 19 heavy (non-hydrogen) atoms. The highest BCUT2D eigenvalue weighted by atomic mass is 16.5. The summed E-state index contributed by atoms with van der Waals surface area (Å²) in [6, 6.07) is 9.24. The quantitative estimate of drug-likeness (QED) is 0.734. The summed E-state index contributed by atoms with van der Waals surface area (Å²) in [5.74, 6) is 0.348. The highest BCUT2D eigenvalue weighted by molar-refractivity contribution is 5.92. The topological polar surface area (TPSA) is 88.1 Å². The van der Waals surface area contributed by atoms with Crippen molar-refractivity contribution in [3.8, 4) is 11.8 Å². The van der Waals surface area contributed by atoms with E-state index in [2.05, 4.69) is 11.4 Å². The monoisotopic (exact) mass is 261 g/mol. The van der Waals surface area contributed by atoms with Gasteiger partial charge in [-0.25, -0.2) is 0 Å². The summed E-state index contributed by atoms with van der Waals surface area (Å²) in [4.78, 5) is 11.7. The first-order valence-electron chi connectivity index (χ1n) is 6.28. The van der Waals surface area contributed by atoms with Crippen molar-refractivity contribution in [2.45, 2.75) is 19.8 Å². The number of hydrogen-bond acceptors (Lipinski definition) is 4. The largest absolute Gasteiger partial charge is 0.493 e. The minimum Gasteiger partial charge on any atom is -0.493 e. The van der Waals surface area contributed by atoms with Gasteiger partial charge in [-0.1, -0.05) is 13.0 Å². The maximum atomic E-state index is 11.7. The van der Waals surface area contributed by atoms with Gasteiger partial charge in [0.2, 0.25) is 5.91 Å². The molecule has 0 saturated heterocycles. The first-order valence-corrected chi connectivity index (χ1v) is 6.28. The van der Waals surface area contributed by atoms with Crippen molar-refractivity contribution in [2.75, 3.05) is 18.5 Å². The number of rotatable bonds is 7. The van der Waals surface area contributed by atoms with E-state index in [4.69, 9.17) is 15.7 Å². The number of anilines is 1. The van der Waals surface area contributed by atoms with Crippen molar-refractivity contribution in [1.82, 2.24) is 0 Å². The molecule has 0 radical (unpaired) electrons. The fourth-order valence-electron chi connectivity index (χ4n) is 1.38. The summed E-state index contributed by atoms with van der Waals surface area (Å²) in [5.41, 5.74) is 6.12. The van der Waals surface area contributed by atoms with E-state index in [1.165, 1.54) is 0 Å². The Morgan fingerprint density at radius 3 is 3.05 bits per heavy atom. The summed E-state index contributed by atoms with van der Waals surface area (Å²) < 4.78 is 5.49. The van der Waals surface area contributed by atoms with E-state index in [1.807, 2.05) is 12.1 Å². The summed E-state index contributed by atoms with van der Waals surface area (Å²) in [6.07, 6.45) is 1.17. The molecule has 0 aliphatic heterocycles. The van der Waals surface area contributed by atoms with Crippen LogP contribution in [0.3, 0.4) is 0 Å². The molecule has 0 aliphatic rings. The molecule has 0 bridgehead atoms. The standard InChI is InChI=1S/C14H19N3O2/c1-11(10-16)14(18)17-12-5-4-6-13(9-12)19-8-3-2-7-15/h4-6,9,11H,2-3,8,10,16H2,1H3,(H,17,18). The Bertz CT molecular complexity index is 454. The van der Waals surface area contributed by atoms with E-state index in [-0.39, 0.29) is 11.8 Å². The number of ether oxygens (including phenoxy) is 1. The molecule has 102 valence electrons. The van der Waals surface area contributed by atoms with Crippen LogP contribution in [0.25, 0.3) is 0 Å². The number of nitrogens with zero attached hydrogens (tertiary/aromatic N) is 1. The van der Waals surface area contributed by atoms with Crippen LogP contribution in [0.4, 0.5) is 5.69 Å². The molecule has 3 N–H and O–H groups in total. The Morgan fingerprint density at radius 1 is 1.58 bits per heavy atom. The minimum absolute atomic E-state index is 0.107. The lowest BCUT2D eigenvalue weighted by Gasteiger charge is -2.11. The third kappa shape index (κ3) is 5.40. The van der Waals surface area contributed by atoms with Gasteiger partial charge in [0, 0.05) is 30.6 Å². The molecule has 1 amide bonds. The second-order valence-corrected chi connectivity index (χ2v) is 4.26. The molecule has 1 unspecified atom stereocenters. The molecule has 0 aliphatic carbocycles. The van der Waals surface area contributed by atoms with Crippen LogP contribution in [0.2, 0.25) is 0 Å². The molecule has 1 aromatic carbocycles. The number of unbranched alkanes of at least 4 members (excludes halogenated alkanes) is 1. The van der Waals surface area contributed by atoms with Crippen LogP contribution < -0.4 is 15.8 Å². The van der Waals surface area contributed by atoms with Gasteiger partial charge in [-0.2, -0.15) is 5.26 Å². The van der Waals surface area contributed by atoms with Crippen molar-refractivity contribution in [3.63, 3.8) is 0 Å². The fraction of sp³-hybridized carbons (Fsp3) is 0.429. The average Bonchev–Trinajstić information content (AvgIpc) is 2.43.